The van der Waals surface area contributed by atoms with E-state index in [9.17, 15) is 30.3 Å². The van der Waals surface area contributed by atoms with Gasteiger partial charge in [0, 0.05) is 6.42 Å². The van der Waals surface area contributed by atoms with Crippen molar-refractivity contribution < 1.29 is 39.8 Å². The van der Waals surface area contributed by atoms with Gasteiger partial charge in [-0.05, 0) is 96.3 Å². The lowest BCUT2D eigenvalue weighted by atomic mass is 9.99. The van der Waals surface area contributed by atoms with Gasteiger partial charge in [-0.2, -0.15) is 0 Å². The van der Waals surface area contributed by atoms with Crippen molar-refractivity contribution in [1.29, 1.82) is 0 Å². The summed E-state index contributed by atoms with van der Waals surface area (Å²) in [6, 6.07) is -0.820. The summed E-state index contributed by atoms with van der Waals surface area (Å²) < 4.78 is 11.3. The van der Waals surface area contributed by atoms with Gasteiger partial charge in [0.25, 0.3) is 0 Å². The summed E-state index contributed by atoms with van der Waals surface area (Å²) in [6.45, 7) is 3.68. The number of unbranched alkanes of at least 4 members (excludes halogenated alkanes) is 29. The second-order valence-corrected chi connectivity index (χ2v) is 23.6. The molecule has 0 aromatic heterocycles. The Bertz CT molecular complexity index is 1800. The van der Waals surface area contributed by atoms with E-state index in [0.29, 0.717) is 6.42 Å². The normalized spacial score (nSPS) is 19.0. The predicted octanol–water partition coefficient (Wildman–Crippen LogP) is 19.2. The maximum atomic E-state index is 13.1. The van der Waals surface area contributed by atoms with Gasteiger partial charge in [0.15, 0.2) is 6.29 Å². The molecule has 0 aliphatic carbocycles. The first kappa shape index (κ1) is 79.3. The number of rotatable bonds is 59. The zero-order chi connectivity index (χ0) is 61.4. The van der Waals surface area contributed by atoms with Gasteiger partial charge < -0.3 is 40.3 Å². The van der Waals surface area contributed by atoms with Crippen LogP contribution in [0.2, 0.25) is 0 Å². The lowest BCUT2D eigenvalue weighted by Crippen LogP contribution is -2.60. The zero-order valence-electron chi connectivity index (χ0n) is 54.3. The number of carbonyl (C=O) groups is 1. The molecule has 0 aromatic rings. The Morgan fingerprint density at radius 1 is 0.412 bits per heavy atom. The minimum absolute atomic E-state index is 0.188. The number of nitrogens with one attached hydrogen (secondary N) is 1. The SMILES string of the molecule is CC/C=C\C/C=C\C/C=C\C/C=C\C/C=C\C/C=C\C/C=C\C/C=C\C/C=C\C/C=C\CCCCCCCCCCC(=O)NC(COC1OC(CO)C(O)C(O)C1O)C(O)/C=C/CCCCCCCCCCCCCCCCCCCCCCC. The molecular formula is C76H129NO8. The number of hydrogen-bond acceptors (Lipinski definition) is 8. The van der Waals surface area contributed by atoms with E-state index in [2.05, 4.69) is 141 Å². The summed E-state index contributed by atoms with van der Waals surface area (Å²) in [5, 5.41) is 54.7. The monoisotopic (exact) mass is 1180 g/mol. The number of hydrogen-bond donors (Lipinski definition) is 6. The molecular weight excluding hydrogens is 1050 g/mol. The molecule has 0 radical (unpaired) electrons. The van der Waals surface area contributed by atoms with E-state index in [4.69, 9.17) is 9.47 Å². The molecule has 1 aliphatic rings. The molecule has 1 amide bonds. The van der Waals surface area contributed by atoms with Gasteiger partial charge in [-0.1, -0.05) is 314 Å². The first-order chi connectivity index (χ1) is 41.8. The van der Waals surface area contributed by atoms with Crippen molar-refractivity contribution in [3.05, 3.63) is 134 Å². The van der Waals surface area contributed by atoms with Crippen LogP contribution in [0.1, 0.15) is 284 Å². The fourth-order valence-corrected chi connectivity index (χ4v) is 10.3. The highest BCUT2D eigenvalue weighted by Gasteiger charge is 2.44. The minimum Gasteiger partial charge on any atom is -0.394 e. The third-order valence-electron chi connectivity index (χ3n) is 15.7. The largest absolute Gasteiger partial charge is 0.394 e. The summed E-state index contributed by atoms with van der Waals surface area (Å²) in [5.41, 5.74) is 0. The number of allylic oxidation sites excluding steroid dienone is 21. The zero-order valence-corrected chi connectivity index (χ0v) is 54.3. The Balaban J connectivity index is 2.17. The third-order valence-corrected chi connectivity index (χ3v) is 15.7. The Labute approximate surface area is 521 Å². The van der Waals surface area contributed by atoms with Crippen LogP contribution in [0.15, 0.2) is 134 Å². The van der Waals surface area contributed by atoms with E-state index in [1.165, 1.54) is 148 Å². The Kier molecular flexibility index (Phi) is 59.1. The smallest absolute Gasteiger partial charge is 0.220 e. The van der Waals surface area contributed by atoms with Crippen molar-refractivity contribution in [2.75, 3.05) is 13.2 Å². The second kappa shape index (κ2) is 63.4. The Hall–Kier alpha value is -3.67. The van der Waals surface area contributed by atoms with Crippen molar-refractivity contribution in [3.8, 4) is 0 Å². The van der Waals surface area contributed by atoms with Gasteiger partial charge in [0.05, 0.1) is 25.4 Å². The summed E-state index contributed by atoms with van der Waals surface area (Å²) >= 11 is 0. The van der Waals surface area contributed by atoms with Crippen LogP contribution in [0.5, 0.6) is 0 Å². The van der Waals surface area contributed by atoms with E-state index < -0.39 is 49.5 Å². The van der Waals surface area contributed by atoms with Crippen molar-refractivity contribution in [1.82, 2.24) is 5.32 Å². The fraction of sp³-hybridized carbons (Fsp3) is 0.697. The molecule has 1 aliphatic heterocycles. The number of amides is 1. The molecule has 7 atom stereocenters. The van der Waals surface area contributed by atoms with Crippen LogP contribution in [-0.2, 0) is 14.3 Å². The molecule has 9 nitrogen and oxygen atoms in total. The van der Waals surface area contributed by atoms with E-state index in [-0.39, 0.29) is 12.5 Å². The molecule has 1 heterocycles. The number of carbonyl (C=O) groups excluding carboxylic acids is 1. The van der Waals surface area contributed by atoms with Gasteiger partial charge in [0.2, 0.25) is 5.91 Å². The quantitative estimate of drug-likeness (QED) is 0.0261. The first-order valence-corrected chi connectivity index (χ1v) is 34.9. The fourth-order valence-electron chi connectivity index (χ4n) is 10.3. The number of aliphatic hydroxyl groups excluding tert-OH is 5. The highest BCUT2D eigenvalue weighted by molar-refractivity contribution is 5.76. The van der Waals surface area contributed by atoms with Gasteiger partial charge >= 0.3 is 0 Å². The van der Waals surface area contributed by atoms with Crippen LogP contribution in [0.4, 0.5) is 0 Å². The van der Waals surface area contributed by atoms with Gasteiger partial charge in [-0.15, -0.1) is 0 Å². The van der Waals surface area contributed by atoms with Gasteiger partial charge in [-0.25, -0.2) is 0 Å². The molecule has 1 fully saturated rings. The lowest BCUT2D eigenvalue weighted by Gasteiger charge is -2.40. The number of ether oxygens (including phenoxy) is 2. The standard InChI is InChI=1S/C76H129NO8/c1-3-5-7-9-11-13-15-17-19-21-23-25-27-28-29-30-31-32-33-34-35-36-37-38-39-40-41-42-44-46-48-50-52-54-56-58-60-62-64-66-72(80)77-69(68-84-76-75(83)74(82)73(81)71(67-78)85-76)70(79)65-63-61-59-57-55-53-51-49-47-45-43-26-24-22-20-18-16-14-12-10-8-6-4-2/h5,7,11,13,17,19,23,25,28-29,31-32,34-35,37-38,40-41,44,46,63,65,69-71,73-76,78-79,81-83H,3-4,6,8-10,12,14-16,18,20-22,24,26-27,30,33,36,39,42-43,45,47-62,64,66-68H2,1-2H3,(H,77,80)/b7-5-,13-11-,19-17-,25-23-,29-28-,32-31-,35-34-,38-37-,41-40-,46-44-,65-63+. The molecule has 0 bridgehead atoms. The average Bonchev–Trinajstić information content (AvgIpc) is 3.66. The van der Waals surface area contributed by atoms with Crippen LogP contribution in [-0.4, -0.2) is 87.5 Å². The van der Waals surface area contributed by atoms with Crippen molar-refractivity contribution in [2.45, 2.75) is 326 Å². The molecule has 0 saturated carbocycles. The van der Waals surface area contributed by atoms with Crippen LogP contribution in [0.25, 0.3) is 0 Å². The van der Waals surface area contributed by atoms with Crippen LogP contribution in [0.3, 0.4) is 0 Å². The molecule has 1 rings (SSSR count). The minimum atomic E-state index is -1.58. The molecule has 6 N–H and O–H groups in total. The van der Waals surface area contributed by atoms with Crippen LogP contribution >= 0.6 is 0 Å². The van der Waals surface area contributed by atoms with E-state index >= 15 is 0 Å². The molecule has 9 heteroatoms. The summed E-state index contributed by atoms with van der Waals surface area (Å²) in [5.74, 6) is -0.188. The molecule has 85 heavy (non-hydrogen) atoms. The van der Waals surface area contributed by atoms with E-state index in [1.54, 1.807) is 6.08 Å². The topological polar surface area (TPSA) is 149 Å². The number of aliphatic hydroxyl groups is 5. The summed E-state index contributed by atoms with van der Waals surface area (Å²) in [4.78, 5) is 13.1. The molecule has 7 unspecified atom stereocenters. The van der Waals surface area contributed by atoms with E-state index in [0.717, 1.165) is 116 Å². The first-order valence-electron chi connectivity index (χ1n) is 34.9. The molecule has 0 spiro atoms. The van der Waals surface area contributed by atoms with Gasteiger partial charge in [0.1, 0.15) is 24.4 Å². The summed E-state index contributed by atoms with van der Waals surface area (Å²) in [7, 11) is 0. The highest BCUT2D eigenvalue weighted by Crippen LogP contribution is 2.23. The third kappa shape index (κ3) is 52.0. The van der Waals surface area contributed by atoms with Crippen molar-refractivity contribution in [2.24, 2.45) is 0 Å². The van der Waals surface area contributed by atoms with Gasteiger partial charge in [-0.3, -0.25) is 4.79 Å². The van der Waals surface area contributed by atoms with Crippen LogP contribution in [0, 0.1) is 0 Å². The van der Waals surface area contributed by atoms with E-state index in [1.807, 2.05) is 6.08 Å². The second-order valence-electron chi connectivity index (χ2n) is 23.6. The molecule has 0 aromatic carbocycles. The molecule has 1 saturated heterocycles. The summed E-state index contributed by atoms with van der Waals surface area (Å²) in [6.07, 6.45) is 89.7. The predicted molar refractivity (Wildman–Crippen MR) is 363 cm³/mol. The maximum absolute atomic E-state index is 13.1. The van der Waals surface area contributed by atoms with Crippen LogP contribution < -0.4 is 5.32 Å². The highest BCUT2D eigenvalue weighted by atomic mass is 16.7. The average molecular weight is 1180 g/mol. The van der Waals surface area contributed by atoms with Crippen molar-refractivity contribution >= 4 is 5.91 Å². The Morgan fingerprint density at radius 2 is 0.729 bits per heavy atom. The maximum Gasteiger partial charge on any atom is 0.220 e. The molecule has 486 valence electrons. The van der Waals surface area contributed by atoms with Crippen molar-refractivity contribution in [3.63, 3.8) is 0 Å². The lowest BCUT2D eigenvalue weighted by molar-refractivity contribution is -0.302. The Morgan fingerprint density at radius 3 is 1.08 bits per heavy atom.